The first kappa shape index (κ1) is 25.0. The lowest BCUT2D eigenvalue weighted by Gasteiger charge is -2.44. The minimum absolute atomic E-state index is 0.101. The summed E-state index contributed by atoms with van der Waals surface area (Å²) in [5.41, 5.74) is 5.49. The van der Waals surface area contributed by atoms with Crippen LogP contribution in [0.2, 0.25) is 0 Å². The standard InChI is InChI=1S/C27H38O7/c1-12(2)9-17-10-14(4)18-8-7-13(3)20-22(18)21(17)15(5)25(24(20)31)34-27-26(33-16(6)28)23(30)19(29)11-32-27/h9,13-14,17-19,23,26-27,29-31H,7-8,10-11H2,1-6H3/t13-,14-,17?,18+,19?,23?,26?,27?/m0/s1. The van der Waals surface area contributed by atoms with Crippen LogP contribution in [-0.4, -0.2) is 52.5 Å². The Morgan fingerprint density at radius 3 is 2.44 bits per heavy atom. The minimum Gasteiger partial charge on any atom is -0.504 e. The van der Waals surface area contributed by atoms with Crippen molar-refractivity contribution in [2.75, 3.05) is 6.61 Å². The monoisotopic (exact) mass is 474 g/mol. The van der Waals surface area contributed by atoms with E-state index in [2.05, 4.69) is 33.8 Å². The first-order valence-corrected chi connectivity index (χ1v) is 12.4. The van der Waals surface area contributed by atoms with Crippen LogP contribution < -0.4 is 4.74 Å². The second kappa shape index (κ2) is 9.51. The van der Waals surface area contributed by atoms with E-state index in [0.717, 1.165) is 30.4 Å². The Morgan fingerprint density at radius 1 is 1.09 bits per heavy atom. The third-order valence-corrected chi connectivity index (χ3v) is 7.75. The van der Waals surface area contributed by atoms with E-state index in [9.17, 15) is 20.1 Å². The number of rotatable bonds is 4. The van der Waals surface area contributed by atoms with Gasteiger partial charge in [0.25, 0.3) is 0 Å². The molecular weight excluding hydrogens is 436 g/mol. The normalized spacial score (nSPS) is 34.7. The van der Waals surface area contributed by atoms with Crippen LogP contribution in [0, 0.1) is 12.8 Å². The molecule has 1 aromatic carbocycles. The maximum Gasteiger partial charge on any atom is 0.303 e. The number of aromatic hydroxyl groups is 1. The van der Waals surface area contributed by atoms with Crippen molar-refractivity contribution in [3.05, 3.63) is 33.9 Å². The molecule has 1 aromatic rings. The molecule has 188 valence electrons. The summed E-state index contributed by atoms with van der Waals surface area (Å²) in [5, 5.41) is 32.0. The van der Waals surface area contributed by atoms with E-state index in [1.54, 1.807) is 0 Å². The molecule has 0 radical (unpaired) electrons. The van der Waals surface area contributed by atoms with Gasteiger partial charge in [-0.15, -0.1) is 0 Å². The second-order valence-corrected chi connectivity index (χ2v) is 10.6. The highest BCUT2D eigenvalue weighted by atomic mass is 16.7. The summed E-state index contributed by atoms with van der Waals surface area (Å²) in [5.74, 6) is 1.08. The van der Waals surface area contributed by atoms with Crippen molar-refractivity contribution >= 4 is 5.97 Å². The van der Waals surface area contributed by atoms with E-state index in [1.165, 1.54) is 23.6 Å². The van der Waals surface area contributed by atoms with E-state index >= 15 is 0 Å². The predicted octanol–water partition coefficient (Wildman–Crippen LogP) is 4.16. The summed E-state index contributed by atoms with van der Waals surface area (Å²) in [6.07, 6.45) is 0.495. The summed E-state index contributed by atoms with van der Waals surface area (Å²) in [6.45, 7) is 11.7. The van der Waals surface area contributed by atoms with Gasteiger partial charge in [0.1, 0.15) is 12.2 Å². The fourth-order valence-corrected chi connectivity index (χ4v) is 6.24. The molecule has 0 bridgehead atoms. The number of benzene rings is 1. The Hall–Kier alpha value is -2.09. The molecule has 1 aliphatic heterocycles. The van der Waals surface area contributed by atoms with Gasteiger partial charge in [-0.05, 0) is 74.5 Å². The molecule has 1 fully saturated rings. The molecule has 34 heavy (non-hydrogen) atoms. The van der Waals surface area contributed by atoms with Crippen molar-refractivity contribution in [3.63, 3.8) is 0 Å². The molecule has 1 heterocycles. The molecule has 3 aliphatic rings. The highest BCUT2D eigenvalue weighted by molar-refractivity contribution is 5.66. The molecule has 1 saturated heterocycles. The Balaban J connectivity index is 1.84. The molecule has 0 spiro atoms. The van der Waals surface area contributed by atoms with E-state index in [0.29, 0.717) is 17.6 Å². The summed E-state index contributed by atoms with van der Waals surface area (Å²) >= 11 is 0. The Bertz CT molecular complexity index is 980. The number of hydrogen-bond donors (Lipinski definition) is 3. The van der Waals surface area contributed by atoms with Gasteiger partial charge in [0.15, 0.2) is 17.6 Å². The molecule has 2 aliphatic carbocycles. The van der Waals surface area contributed by atoms with Crippen molar-refractivity contribution in [2.45, 2.75) is 103 Å². The van der Waals surface area contributed by atoms with Gasteiger partial charge in [-0.3, -0.25) is 4.79 Å². The Labute approximate surface area is 201 Å². The van der Waals surface area contributed by atoms with E-state index in [-0.39, 0.29) is 24.2 Å². The first-order valence-electron chi connectivity index (χ1n) is 12.4. The number of esters is 1. The van der Waals surface area contributed by atoms with E-state index in [4.69, 9.17) is 14.2 Å². The van der Waals surface area contributed by atoms with E-state index < -0.39 is 30.6 Å². The summed E-state index contributed by atoms with van der Waals surface area (Å²) < 4.78 is 17.1. The van der Waals surface area contributed by atoms with Gasteiger partial charge in [-0.1, -0.05) is 25.5 Å². The van der Waals surface area contributed by atoms with Gasteiger partial charge in [-0.2, -0.15) is 0 Å². The van der Waals surface area contributed by atoms with Crippen LogP contribution in [0.5, 0.6) is 11.5 Å². The Kier molecular flexibility index (Phi) is 7.00. The zero-order valence-electron chi connectivity index (χ0n) is 21.0. The number of allylic oxidation sites excluding steroid dienone is 2. The van der Waals surface area contributed by atoms with Gasteiger partial charge < -0.3 is 29.5 Å². The number of aliphatic hydroxyl groups is 2. The zero-order valence-corrected chi connectivity index (χ0v) is 21.0. The predicted molar refractivity (Wildman–Crippen MR) is 127 cm³/mol. The quantitative estimate of drug-likeness (QED) is 0.444. The zero-order chi connectivity index (χ0) is 24.9. The number of ether oxygens (including phenoxy) is 3. The van der Waals surface area contributed by atoms with Crippen molar-refractivity contribution in [1.82, 2.24) is 0 Å². The number of aliphatic hydroxyl groups excluding tert-OH is 2. The van der Waals surface area contributed by atoms with Crippen molar-refractivity contribution < 1.29 is 34.3 Å². The van der Waals surface area contributed by atoms with Crippen LogP contribution in [0.3, 0.4) is 0 Å². The van der Waals surface area contributed by atoms with Gasteiger partial charge in [0, 0.05) is 18.4 Å². The molecule has 4 rings (SSSR count). The number of phenols is 1. The van der Waals surface area contributed by atoms with Crippen LogP contribution in [0.4, 0.5) is 0 Å². The number of hydrogen-bond acceptors (Lipinski definition) is 7. The third kappa shape index (κ3) is 4.34. The largest absolute Gasteiger partial charge is 0.504 e. The first-order chi connectivity index (χ1) is 16.0. The van der Waals surface area contributed by atoms with Crippen molar-refractivity contribution in [2.24, 2.45) is 5.92 Å². The molecule has 0 aromatic heterocycles. The lowest BCUT2D eigenvalue weighted by atomic mass is 9.62. The third-order valence-electron chi connectivity index (χ3n) is 7.75. The molecule has 0 amide bonds. The Morgan fingerprint density at radius 2 is 1.79 bits per heavy atom. The highest BCUT2D eigenvalue weighted by Gasteiger charge is 2.45. The van der Waals surface area contributed by atoms with Crippen LogP contribution >= 0.6 is 0 Å². The second-order valence-electron chi connectivity index (χ2n) is 10.6. The topological polar surface area (TPSA) is 105 Å². The summed E-state index contributed by atoms with van der Waals surface area (Å²) in [7, 11) is 0. The summed E-state index contributed by atoms with van der Waals surface area (Å²) in [4.78, 5) is 11.7. The molecule has 5 unspecified atom stereocenters. The number of carbonyl (C=O) groups is 1. The molecule has 3 N–H and O–H groups in total. The fourth-order valence-electron chi connectivity index (χ4n) is 6.24. The van der Waals surface area contributed by atoms with Gasteiger partial charge in [-0.25, -0.2) is 0 Å². The highest BCUT2D eigenvalue weighted by Crippen LogP contribution is 2.58. The van der Waals surface area contributed by atoms with Crippen LogP contribution in [0.1, 0.15) is 93.9 Å². The number of carbonyl (C=O) groups excluding carboxylic acids is 1. The molecule has 0 saturated carbocycles. The molecule has 7 nitrogen and oxygen atoms in total. The maximum atomic E-state index is 11.7. The van der Waals surface area contributed by atoms with Crippen LogP contribution in [0.25, 0.3) is 0 Å². The SMILES string of the molecule is CC(=O)OC1C(Oc2c(C)c3c4c(c2O)[C@@H](C)CC[C@@H]4[C@@H](C)CC3C=C(C)C)OCC(O)C1O. The maximum absolute atomic E-state index is 11.7. The minimum atomic E-state index is -1.36. The number of phenolic OH excluding ortho intramolecular Hbond substituents is 1. The molecule has 7 heteroatoms. The molecular formula is C27H38O7. The van der Waals surface area contributed by atoms with E-state index in [1.807, 2.05) is 6.92 Å². The van der Waals surface area contributed by atoms with Crippen molar-refractivity contribution in [1.29, 1.82) is 0 Å². The average molecular weight is 475 g/mol. The van der Waals surface area contributed by atoms with Gasteiger partial charge in [0.2, 0.25) is 6.29 Å². The van der Waals surface area contributed by atoms with Crippen LogP contribution in [-0.2, 0) is 14.3 Å². The van der Waals surface area contributed by atoms with Crippen LogP contribution in [0.15, 0.2) is 11.6 Å². The summed E-state index contributed by atoms with van der Waals surface area (Å²) in [6, 6.07) is 0. The van der Waals surface area contributed by atoms with Crippen molar-refractivity contribution in [3.8, 4) is 11.5 Å². The lowest BCUT2D eigenvalue weighted by Crippen LogP contribution is -2.56. The lowest BCUT2D eigenvalue weighted by molar-refractivity contribution is -0.250. The average Bonchev–Trinajstić information content (AvgIpc) is 2.74. The molecule has 8 atom stereocenters. The fraction of sp³-hybridized carbons (Fsp3) is 0.667. The van der Waals surface area contributed by atoms with Gasteiger partial charge in [0.05, 0.1) is 6.61 Å². The van der Waals surface area contributed by atoms with Gasteiger partial charge >= 0.3 is 5.97 Å². The smallest absolute Gasteiger partial charge is 0.303 e.